The molecule has 0 saturated carbocycles. The molecule has 5 aromatic carbocycles. The van der Waals surface area contributed by atoms with Gasteiger partial charge in [0.05, 0.1) is 50.8 Å². The molecule has 0 fully saturated rings. The Bertz CT molecular complexity index is 2940. The van der Waals surface area contributed by atoms with E-state index in [-0.39, 0.29) is 0 Å². The van der Waals surface area contributed by atoms with E-state index in [1.807, 2.05) is 0 Å². The van der Waals surface area contributed by atoms with Crippen LogP contribution in [-0.4, -0.2) is 18.7 Å². The molecular weight excluding hydrogens is 633 g/mol. The Morgan fingerprint density at radius 3 is 1.96 bits per heavy atom. The maximum absolute atomic E-state index is 5.11. The van der Waals surface area contributed by atoms with Crippen LogP contribution in [0.15, 0.2) is 152 Å². The van der Waals surface area contributed by atoms with Gasteiger partial charge in [0, 0.05) is 38.3 Å². The summed E-state index contributed by atoms with van der Waals surface area (Å²) in [5, 5.41) is 6.25. The zero-order valence-corrected chi connectivity index (χ0v) is 29.0. The molecule has 2 aliphatic carbocycles. The van der Waals surface area contributed by atoms with Gasteiger partial charge in [0.1, 0.15) is 0 Å². The molecule has 4 aromatic heterocycles. The minimum Gasteiger partial charge on any atom is -0.308 e. The molecule has 4 nitrogen and oxygen atoms in total. The van der Waals surface area contributed by atoms with Gasteiger partial charge >= 0.3 is 0 Å². The topological polar surface area (TPSA) is 27.7 Å². The molecule has 2 aliphatic rings. The lowest BCUT2D eigenvalue weighted by Gasteiger charge is -2.19. The van der Waals surface area contributed by atoms with Crippen LogP contribution in [0.5, 0.6) is 0 Å². The number of pyridine rings is 1. The number of allylic oxidation sites excluding steroid dienone is 5. The Balaban J connectivity index is 1.33. The van der Waals surface area contributed by atoms with E-state index in [0.717, 1.165) is 53.1 Å². The number of rotatable bonds is 4. The molecule has 9 aromatic rings. The molecule has 11 rings (SSSR count). The van der Waals surface area contributed by atoms with E-state index in [2.05, 4.69) is 179 Å². The van der Waals surface area contributed by atoms with Crippen molar-refractivity contribution in [1.82, 2.24) is 18.7 Å². The van der Waals surface area contributed by atoms with Crippen molar-refractivity contribution in [2.45, 2.75) is 26.2 Å². The molecule has 1 atom stereocenters. The van der Waals surface area contributed by atoms with Gasteiger partial charge in [-0.25, -0.2) is 0 Å². The van der Waals surface area contributed by atoms with Crippen LogP contribution in [0.1, 0.15) is 36.7 Å². The standard InChI is InChI=1S/C48H36N4/c1-31-14-13-15-32(26-31)40-27-38-39-28-46(51-41-22-9-5-18-34(41)35-19-6-10-23-42(35)51)47(29-45(39)50(48(38)30-49-40)33-16-3-2-4-17-33)52-43-24-11-7-20-36(43)37-21-8-12-25-44(37)52/h2-7,9-13,15-20,22-31H,8,14,21H2,1H3. The Morgan fingerprint density at radius 2 is 1.21 bits per heavy atom. The second kappa shape index (κ2) is 11.3. The zero-order chi connectivity index (χ0) is 34.3. The number of para-hydroxylation sites is 4. The third-order valence-electron chi connectivity index (χ3n) is 11.2. The molecule has 4 heterocycles. The van der Waals surface area contributed by atoms with Crippen molar-refractivity contribution in [2.24, 2.45) is 5.92 Å². The van der Waals surface area contributed by atoms with Crippen LogP contribution in [-0.2, 0) is 6.42 Å². The van der Waals surface area contributed by atoms with Crippen molar-refractivity contribution < 1.29 is 0 Å². The predicted molar refractivity (Wildman–Crippen MR) is 218 cm³/mol. The molecule has 1 unspecified atom stereocenters. The highest BCUT2D eigenvalue weighted by Crippen LogP contribution is 2.43. The van der Waals surface area contributed by atoms with Gasteiger partial charge in [-0.1, -0.05) is 104 Å². The Kier molecular flexibility index (Phi) is 6.38. The van der Waals surface area contributed by atoms with E-state index in [1.54, 1.807) is 0 Å². The monoisotopic (exact) mass is 668 g/mol. The van der Waals surface area contributed by atoms with E-state index < -0.39 is 0 Å². The lowest BCUT2D eigenvalue weighted by atomic mass is 9.95. The lowest BCUT2D eigenvalue weighted by Crippen LogP contribution is -2.07. The molecule has 52 heavy (non-hydrogen) atoms. The smallest absolute Gasteiger partial charge is 0.0724 e. The Labute approximate surface area is 301 Å². The normalized spacial score (nSPS) is 15.7. The Hall–Kier alpha value is -6.39. The van der Waals surface area contributed by atoms with E-state index in [1.165, 1.54) is 60.3 Å². The quantitative estimate of drug-likeness (QED) is 0.183. The fourth-order valence-corrected chi connectivity index (χ4v) is 8.95. The summed E-state index contributed by atoms with van der Waals surface area (Å²) in [5.41, 5.74) is 14.2. The van der Waals surface area contributed by atoms with Crippen molar-refractivity contribution in [3.63, 3.8) is 0 Å². The average Bonchev–Trinajstić information content (AvgIpc) is 3.83. The van der Waals surface area contributed by atoms with Gasteiger partial charge in [-0.05, 0) is 90.9 Å². The summed E-state index contributed by atoms with van der Waals surface area (Å²) in [7, 11) is 0. The number of fused-ring (bicyclic) bond motifs is 9. The minimum absolute atomic E-state index is 0.490. The third-order valence-corrected chi connectivity index (χ3v) is 11.2. The van der Waals surface area contributed by atoms with Crippen LogP contribution in [0.2, 0.25) is 0 Å². The molecule has 0 aliphatic heterocycles. The number of nitrogens with zero attached hydrogens (tertiary/aromatic N) is 4. The summed E-state index contributed by atoms with van der Waals surface area (Å²) in [6.07, 6.45) is 16.8. The highest BCUT2D eigenvalue weighted by molar-refractivity contribution is 6.14. The molecule has 0 N–H and O–H groups in total. The average molecular weight is 669 g/mol. The van der Waals surface area contributed by atoms with E-state index >= 15 is 0 Å². The third kappa shape index (κ3) is 4.24. The summed E-state index contributed by atoms with van der Waals surface area (Å²) >= 11 is 0. The first kappa shape index (κ1) is 29.4. The zero-order valence-electron chi connectivity index (χ0n) is 29.0. The summed E-state index contributed by atoms with van der Waals surface area (Å²) in [6, 6.07) is 44.6. The maximum Gasteiger partial charge on any atom is 0.0724 e. The number of hydrogen-bond acceptors (Lipinski definition) is 1. The summed E-state index contributed by atoms with van der Waals surface area (Å²) in [6.45, 7) is 2.28. The molecule has 248 valence electrons. The van der Waals surface area contributed by atoms with Gasteiger partial charge in [0.25, 0.3) is 0 Å². The van der Waals surface area contributed by atoms with Gasteiger partial charge in [-0.2, -0.15) is 0 Å². The SMILES string of the molecule is CC1C=C(c2cc3c4cc(-n5c6ccccc6c6ccccc65)c(-n5c6c(c7ccccc75)CCC=C6)cc4n(-c4ccccc4)c3cn2)C=CC1. The van der Waals surface area contributed by atoms with E-state index in [0.29, 0.717) is 5.92 Å². The summed E-state index contributed by atoms with van der Waals surface area (Å²) in [4.78, 5) is 5.11. The van der Waals surface area contributed by atoms with Gasteiger partial charge in [-0.15, -0.1) is 0 Å². The molecule has 4 heteroatoms. The molecule has 0 spiro atoms. The second-order valence-electron chi connectivity index (χ2n) is 14.4. The van der Waals surface area contributed by atoms with Crippen LogP contribution in [0.3, 0.4) is 0 Å². The molecular formula is C48H36N4. The molecule has 0 saturated heterocycles. The largest absolute Gasteiger partial charge is 0.308 e. The van der Waals surface area contributed by atoms with Gasteiger partial charge in [0.15, 0.2) is 0 Å². The Morgan fingerprint density at radius 1 is 0.558 bits per heavy atom. The highest BCUT2D eigenvalue weighted by Gasteiger charge is 2.25. The van der Waals surface area contributed by atoms with Crippen LogP contribution < -0.4 is 0 Å². The number of benzene rings is 5. The van der Waals surface area contributed by atoms with Crippen molar-refractivity contribution >= 4 is 66.2 Å². The van der Waals surface area contributed by atoms with Gasteiger partial charge in [-0.3, -0.25) is 4.98 Å². The maximum atomic E-state index is 5.11. The van der Waals surface area contributed by atoms with Crippen LogP contribution >= 0.6 is 0 Å². The molecule has 0 bridgehead atoms. The summed E-state index contributed by atoms with van der Waals surface area (Å²) in [5.74, 6) is 0.490. The van der Waals surface area contributed by atoms with Crippen molar-refractivity contribution in [2.75, 3.05) is 0 Å². The predicted octanol–water partition coefficient (Wildman–Crippen LogP) is 12.2. The first-order chi connectivity index (χ1) is 25.7. The van der Waals surface area contributed by atoms with Crippen LogP contribution in [0.25, 0.3) is 83.2 Å². The van der Waals surface area contributed by atoms with E-state index in [9.17, 15) is 0 Å². The van der Waals surface area contributed by atoms with Crippen molar-refractivity contribution in [3.8, 4) is 17.1 Å². The molecule has 0 amide bonds. The number of aryl methyl sites for hydroxylation is 1. The van der Waals surface area contributed by atoms with E-state index in [4.69, 9.17) is 4.98 Å². The number of aromatic nitrogens is 4. The number of hydrogen-bond donors (Lipinski definition) is 0. The van der Waals surface area contributed by atoms with Gasteiger partial charge < -0.3 is 13.7 Å². The first-order valence-electron chi connectivity index (χ1n) is 18.4. The van der Waals surface area contributed by atoms with Crippen molar-refractivity contribution in [1.29, 1.82) is 0 Å². The van der Waals surface area contributed by atoms with Crippen molar-refractivity contribution in [3.05, 3.63) is 169 Å². The fraction of sp³-hybridized carbons (Fsp3) is 0.104. The minimum atomic E-state index is 0.490. The second-order valence-corrected chi connectivity index (χ2v) is 14.4. The van der Waals surface area contributed by atoms with Crippen LogP contribution in [0.4, 0.5) is 0 Å². The summed E-state index contributed by atoms with van der Waals surface area (Å²) < 4.78 is 7.42. The van der Waals surface area contributed by atoms with Gasteiger partial charge in [0.2, 0.25) is 0 Å². The first-order valence-corrected chi connectivity index (χ1v) is 18.4. The highest BCUT2D eigenvalue weighted by atomic mass is 15.1. The fourth-order valence-electron chi connectivity index (χ4n) is 8.95. The van der Waals surface area contributed by atoms with Crippen LogP contribution in [0, 0.1) is 5.92 Å². The molecule has 0 radical (unpaired) electrons. The lowest BCUT2D eigenvalue weighted by molar-refractivity contribution is 0.739.